The second-order valence-corrected chi connectivity index (χ2v) is 9.89. The highest BCUT2D eigenvalue weighted by Crippen LogP contribution is 2.43. The summed E-state index contributed by atoms with van der Waals surface area (Å²) in [5.74, 6) is 0. The van der Waals surface area contributed by atoms with Crippen LogP contribution in [0.15, 0.2) is 0 Å². The third-order valence-corrected chi connectivity index (χ3v) is 5.25. The molecule has 0 rings (SSSR count). The Hall–Kier alpha value is 0.0700. The molecule has 0 radical (unpaired) electrons. The number of rotatable bonds is 16. The van der Waals surface area contributed by atoms with Crippen LogP contribution in [0.1, 0.15) is 64.7 Å². The maximum atomic E-state index is 12.1. The van der Waals surface area contributed by atoms with Gasteiger partial charge in [-0.15, -0.1) is 0 Å². The van der Waals surface area contributed by atoms with Crippen molar-refractivity contribution in [2.45, 2.75) is 70.8 Å². The van der Waals surface area contributed by atoms with Crippen LogP contribution in [0, 0.1) is 0 Å². The Balaban J connectivity index is 3.62. The number of nitrogens with zero attached hydrogens (tertiary/aromatic N) is 1. The first kappa shape index (κ1) is 24.1. The Morgan fingerprint density at radius 1 is 0.958 bits per heavy atom. The number of aliphatic hydroxyl groups excluding tert-OH is 1. The zero-order valence-corrected chi connectivity index (χ0v) is 17.5. The normalized spacial score (nSPS) is 16.1. The van der Waals surface area contributed by atoms with E-state index < -0.39 is 13.7 Å². The molecule has 2 unspecified atom stereocenters. The molecular formula is C18H41NO4P+. The summed E-state index contributed by atoms with van der Waals surface area (Å²) >= 11 is 0. The van der Waals surface area contributed by atoms with Gasteiger partial charge in [-0.3, -0.25) is 4.57 Å². The van der Waals surface area contributed by atoms with Crippen LogP contribution in [0.5, 0.6) is 0 Å². The Morgan fingerprint density at radius 3 is 2.04 bits per heavy atom. The summed E-state index contributed by atoms with van der Waals surface area (Å²) in [6.45, 7) is 4.96. The SMILES string of the molecule is CCCCCCCCCCC(O)COP(C)(=O)OCC[N+](C)(C)C. The van der Waals surface area contributed by atoms with Crippen molar-refractivity contribution in [1.82, 2.24) is 0 Å². The van der Waals surface area contributed by atoms with Crippen LogP contribution in [0.4, 0.5) is 0 Å². The van der Waals surface area contributed by atoms with Gasteiger partial charge in [-0.1, -0.05) is 58.3 Å². The monoisotopic (exact) mass is 366 g/mol. The maximum Gasteiger partial charge on any atom is 0.327 e. The topological polar surface area (TPSA) is 55.8 Å². The van der Waals surface area contributed by atoms with Gasteiger partial charge in [-0.05, 0) is 6.42 Å². The van der Waals surface area contributed by atoms with Gasteiger partial charge in [0.25, 0.3) is 0 Å². The number of likely N-dealkylation sites (N-methyl/N-ethyl adjacent to an activating group) is 1. The van der Waals surface area contributed by atoms with E-state index in [1.54, 1.807) is 0 Å². The van der Waals surface area contributed by atoms with Crippen LogP contribution in [0.3, 0.4) is 0 Å². The van der Waals surface area contributed by atoms with Crippen molar-refractivity contribution in [3.05, 3.63) is 0 Å². The van der Waals surface area contributed by atoms with Gasteiger partial charge in [0.05, 0.1) is 33.9 Å². The van der Waals surface area contributed by atoms with Crippen molar-refractivity contribution < 1.29 is 23.2 Å². The number of aliphatic hydroxyl groups is 1. The number of hydrogen-bond donors (Lipinski definition) is 1. The minimum Gasteiger partial charge on any atom is -0.391 e. The molecule has 0 saturated heterocycles. The van der Waals surface area contributed by atoms with Crippen LogP contribution in [-0.2, 0) is 13.6 Å². The van der Waals surface area contributed by atoms with Crippen molar-refractivity contribution in [2.75, 3.05) is 47.6 Å². The van der Waals surface area contributed by atoms with E-state index in [0.717, 1.165) is 23.9 Å². The molecule has 0 aliphatic carbocycles. The molecule has 0 heterocycles. The molecule has 0 saturated carbocycles. The Morgan fingerprint density at radius 2 is 1.50 bits per heavy atom. The Labute approximate surface area is 149 Å². The van der Waals surface area contributed by atoms with Gasteiger partial charge in [0.1, 0.15) is 13.2 Å². The Kier molecular flexibility index (Phi) is 13.3. The first-order valence-electron chi connectivity index (χ1n) is 9.51. The summed E-state index contributed by atoms with van der Waals surface area (Å²) in [7, 11) is 3.10. The van der Waals surface area contributed by atoms with E-state index in [9.17, 15) is 9.67 Å². The van der Waals surface area contributed by atoms with E-state index >= 15 is 0 Å². The van der Waals surface area contributed by atoms with Gasteiger partial charge in [0.15, 0.2) is 0 Å². The maximum absolute atomic E-state index is 12.1. The van der Waals surface area contributed by atoms with Gasteiger partial charge in [0, 0.05) is 6.66 Å². The predicted molar refractivity (Wildman–Crippen MR) is 102 cm³/mol. The quantitative estimate of drug-likeness (QED) is 0.249. The average molecular weight is 367 g/mol. The van der Waals surface area contributed by atoms with Gasteiger partial charge in [0.2, 0.25) is 0 Å². The van der Waals surface area contributed by atoms with Crippen LogP contribution in [0.25, 0.3) is 0 Å². The van der Waals surface area contributed by atoms with Crippen LogP contribution >= 0.6 is 7.60 Å². The zero-order chi connectivity index (χ0) is 18.5. The molecule has 0 aromatic carbocycles. The van der Waals surface area contributed by atoms with Crippen LogP contribution in [-0.4, -0.2) is 63.3 Å². The molecule has 24 heavy (non-hydrogen) atoms. The van der Waals surface area contributed by atoms with E-state index in [4.69, 9.17) is 9.05 Å². The number of unbranched alkanes of at least 4 members (excludes halogenated alkanes) is 7. The third kappa shape index (κ3) is 16.9. The molecule has 146 valence electrons. The lowest BCUT2D eigenvalue weighted by Gasteiger charge is -2.24. The van der Waals surface area contributed by atoms with Crippen molar-refractivity contribution in [3.63, 3.8) is 0 Å². The fourth-order valence-corrected chi connectivity index (χ4v) is 3.27. The summed E-state index contributed by atoms with van der Waals surface area (Å²) < 4.78 is 23.6. The van der Waals surface area contributed by atoms with E-state index in [2.05, 4.69) is 28.1 Å². The highest BCUT2D eigenvalue weighted by molar-refractivity contribution is 7.52. The molecule has 0 spiro atoms. The standard InChI is InChI=1S/C18H41NO4P/c1-6-7-8-9-10-11-12-13-14-18(20)17-23-24(5,21)22-16-15-19(2,3)4/h18,20H,6-17H2,1-5H3/q+1. The van der Waals surface area contributed by atoms with E-state index in [0.29, 0.717) is 13.0 Å². The second-order valence-electron chi connectivity index (χ2n) is 7.83. The summed E-state index contributed by atoms with van der Waals surface area (Å²) in [5.41, 5.74) is 0. The fourth-order valence-electron chi connectivity index (χ4n) is 2.34. The molecule has 0 fully saturated rings. The molecule has 0 aromatic rings. The second kappa shape index (κ2) is 13.3. The smallest absolute Gasteiger partial charge is 0.327 e. The van der Waals surface area contributed by atoms with Gasteiger partial charge in [-0.2, -0.15) is 0 Å². The molecule has 0 aliphatic heterocycles. The minimum absolute atomic E-state index is 0.0919. The van der Waals surface area contributed by atoms with Gasteiger partial charge >= 0.3 is 7.60 Å². The zero-order valence-electron chi connectivity index (χ0n) is 16.6. The van der Waals surface area contributed by atoms with E-state index in [1.807, 2.05) is 0 Å². The molecule has 0 bridgehead atoms. The molecule has 0 aromatic heterocycles. The van der Waals surface area contributed by atoms with E-state index in [1.165, 1.54) is 45.2 Å². The highest BCUT2D eigenvalue weighted by atomic mass is 31.2. The van der Waals surface area contributed by atoms with E-state index in [-0.39, 0.29) is 6.61 Å². The highest BCUT2D eigenvalue weighted by Gasteiger charge is 2.20. The molecule has 0 aliphatic rings. The van der Waals surface area contributed by atoms with Crippen molar-refractivity contribution >= 4 is 7.60 Å². The summed E-state index contributed by atoms with van der Waals surface area (Å²) in [4.78, 5) is 0. The number of hydrogen-bond acceptors (Lipinski definition) is 4. The third-order valence-electron chi connectivity index (χ3n) is 3.98. The van der Waals surface area contributed by atoms with Crippen LogP contribution < -0.4 is 0 Å². The molecule has 1 N–H and O–H groups in total. The van der Waals surface area contributed by atoms with Crippen molar-refractivity contribution in [3.8, 4) is 0 Å². The fraction of sp³-hybridized carbons (Fsp3) is 1.00. The summed E-state index contributed by atoms with van der Waals surface area (Å²) in [6, 6.07) is 0. The molecule has 0 amide bonds. The summed E-state index contributed by atoms with van der Waals surface area (Å²) in [5, 5.41) is 9.94. The number of quaternary nitrogens is 1. The summed E-state index contributed by atoms with van der Waals surface area (Å²) in [6.07, 6.45) is 10.1. The Bertz CT molecular complexity index is 344. The molecular weight excluding hydrogens is 325 g/mol. The van der Waals surface area contributed by atoms with Crippen molar-refractivity contribution in [1.29, 1.82) is 0 Å². The lowest BCUT2D eigenvalue weighted by molar-refractivity contribution is -0.870. The predicted octanol–water partition coefficient (Wildman–Crippen LogP) is 4.44. The molecule has 6 heteroatoms. The molecule has 5 nitrogen and oxygen atoms in total. The minimum atomic E-state index is -3.06. The van der Waals surface area contributed by atoms with Crippen molar-refractivity contribution in [2.24, 2.45) is 0 Å². The van der Waals surface area contributed by atoms with Crippen LogP contribution in [0.2, 0.25) is 0 Å². The first-order valence-corrected chi connectivity index (χ1v) is 11.5. The first-order chi connectivity index (χ1) is 11.2. The average Bonchev–Trinajstić information content (AvgIpc) is 2.46. The lowest BCUT2D eigenvalue weighted by Crippen LogP contribution is -2.37. The molecule has 2 atom stereocenters. The lowest BCUT2D eigenvalue weighted by atomic mass is 10.1. The van der Waals surface area contributed by atoms with Gasteiger partial charge in [-0.25, -0.2) is 0 Å². The largest absolute Gasteiger partial charge is 0.391 e. The van der Waals surface area contributed by atoms with Gasteiger partial charge < -0.3 is 18.6 Å².